The Hall–Kier alpha value is -2.90. The summed E-state index contributed by atoms with van der Waals surface area (Å²) >= 11 is 0. The van der Waals surface area contributed by atoms with Gasteiger partial charge in [-0.05, 0) is 23.4 Å². The molecule has 0 aliphatic carbocycles. The number of hydrogen-bond acceptors (Lipinski definition) is 4. The van der Waals surface area contributed by atoms with Crippen LogP contribution in [0.2, 0.25) is 0 Å². The molecule has 0 amide bonds. The highest BCUT2D eigenvalue weighted by molar-refractivity contribution is 5.55. The molecule has 0 unspecified atom stereocenters. The Balaban J connectivity index is 1.86. The number of nitrogens with zero attached hydrogens (tertiary/aromatic N) is 4. The molecule has 0 fully saturated rings. The summed E-state index contributed by atoms with van der Waals surface area (Å²) in [5, 5.41) is 11.9. The van der Waals surface area contributed by atoms with Crippen LogP contribution in [0, 0.1) is 0 Å². The largest absolute Gasteiger partial charge is 0.496 e. The molecule has 8 heteroatoms. The summed E-state index contributed by atoms with van der Waals surface area (Å²) in [4.78, 5) is 1.31. The molecule has 5 nitrogen and oxygen atoms in total. The lowest BCUT2D eigenvalue weighted by atomic mass is 10.1. The van der Waals surface area contributed by atoms with Crippen LogP contribution in [0.5, 0.6) is 5.75 Å². The molecule has 2 aromatic carbocycles. The third kappa shape index (κ3) is 3.37. The highest BCUT2D eigenvalue weighted by atomic mass is 19.4. The smallest absolute Gasteiger partial charge is 0.416 e. The molecule has 0 bridgehead atoms. The monoisotopic (exact) mass is 334 g/mol. The van der Waals surface area contributed by atoms with Gasteiger partial charge in [-0.2, -0.15) is 18.0 Å². The van der Waals surface area contributed by atoms with Crippen LogP contribution < -0.4 is 4.74 Å². The van der Waals surface area contributed by atoms with E-state index in [-0.39, 0.29) is 11.4 Å². The number of alkyl halides is 3. The SMILES string of the molecule is COc1ccccc1Cn1nnc(-c2cccc(C(F)(F)F)c2)n1. The van der Waals surface area contributed by atoms with E-state index in [9.17, 15) is 13.2 Å². The van der Waals surface area contributed by atoms with Crippen molar-refractivity contribution < 1.29 is 17.9 Å². The van der Waals surface area contributed by atoms with Gasteiger partial charge in [0.1, 0.15) is 5.75 Å². The molecular formula is C16H13F3N4O. The van der Waals surface area contributed by atoms with Crippen molar-refractivity contribution in [1.29, 1.82) is 0 Å². The Morgan fingerprint density at radius 2 is 1.88 bits per heavy atom. The summed E-state index contributed by atoms with van der Waals surface area (Å²) in [6.07, 6.45) is -4.41. The molecule has 1 heterocycles. The zero-order valence-corrected chi connectivity index (χ0v) is 12.7. The normalized spacial score (nSPS) is 11.5. The van der Waals surface area contributed by atoms with E-state index < -0.39 is 11.7 Å². The van der Waals surface area contributed by atoms with Crippen LogP contribution >= 0.6 is 0 Å². The van der Waals surface area contributed by atoms with Crippen LogP contribution in [0.25, 0.3) is 11.4 Å². The molecule has 0 aliphatic rings. The van der Waals surface area contributed by atoms with Crippen molar-refractivity contribution in [2.75, 3.05) is 7.11 Å². The van der Waals surface area contributed by atoms with Crippen molar-refractivity contribution in [3.05, 3.63) is 59.7 Å². The average Bonchev–Trinajstić information content (AvgIpc) is 3.03. The van der Waals surface area contributed by atoms with Gasteiger partial charge in [-0.3, -0.25) is 0 Å². The minimum atomic E-state index is -4.41. The molecule has 0 saturated carbocycles. The quantitative estimate of drug-likeness (QED) is 0.734. The summed E-state index contributed by atoms with van der Waals surface area (Å²) in [5.74, 6) is 0.811. The fraction of sp³-hybridized carbons (Fsp3) is 0.188. The van der Waals surface area contributed by atoms with E-state index in [0.29, 0.717) is 12.3 Å². The fourth-order valence-corrected chi connectivity index (χ4v) is 2.25. The molecule has 0 N–H and O–H groups in total. The summed E-state index contributed by atoms with van der Waals surface area (Å²) < 4.78 is 43.6. The third-order valence-electron chi connectivity index (χ3n) is 3.41. The van der Waals surface area contributed by atoms with Crippen LogP contribution in [0.1, 0.15) is 11.1 Å². The first-order valence-corrected chi connectivity index (χ1v) is 7.05. The molecule has 0 atom stereocenters. The van der Waals surface area contributed by atoms with Gasteiger partial charge in [0.2, 0.25) is 5.82 Å². The van der Waals surface area contributed by atoms with Gasteiger partial charge in [-0.1, -0.05) is 30.3 Å². The van der Waals surface area contributed by atoms with E-state index in [1.165, 1.54) is 16.9 Å². The van der Waals surface area contributed by atoms with Crippen LogP contribution in [-0.4, -0.2) is 27.3 Å². The minimum absolute atomic E-state index is 0.135. The van der Waals surface area contributed by atoms with E-state index in [4.69, 9.17) is 4.74 Å². The summed E-state index contributed by atoms with van der Waals surface area (Å²) in [7, 11) is 1.56. The number of hydrogen-bond donors (Lipinski definition) is 0. The van der Waals surface area contributed by atoms with Gasteiger partial charge >= 0.3 is 6.18 Å². The summed E-state index contributed by atoms with van der Waals surface area (Å²) in [5.41, 5.74) is 0.352. The van der Waals surface area contributed by atoms with Crippen LogP contribution in [-0.2, 0) is 12.7 Å². The lowest BCUT2D eigenvalue weighted by Crippen LogP contribution is -2.06. The molecule has 0 radical (unpaired) electrons. The highest BCUT2D eigenvalue weighted by Crippen LogP contribution is 2.31. The fourth-order valence-electron chi connectivity index (χ4n) is 2.25. The molecule has 3 rings (SSSR count). The van der Waals surface area contributed by atoms with Crippen LogP contribution in [0.3, 0.4) is 0 Å². The zero-order valence-electron chi connectivity index (χ0n) is 12.7. The Labute approximate surface area is 135 Å². The van der Waals surface area contributed by atoms with Gasteiger partial charge < -0.3 is 4.74 Å². The van der Waals surface area contributed by atoms with Crippen LogP contribution in [0.4, 0.5) is 13.2 Å². The van der Waals surface area contributed by atoms with Crippen molar-refractivity contribution in [2.45, 2.75) is 12.7 Å². The number of para-hydroxylation sites is 1. The highest BCUT2D eigenvalue weighted by Gasteiger charge is 2.30. The van der Waals surface area contributed by atoms with Gasteiger partial charge in [0.25, 0.3) is 0 Å². The van der Waals surface area contributed by atoms with E-state index in [0.717, 1.165) is 17.7 Å². The Morgan fingerprint density at radius 3 is 2.62 bits per heavy atom. The number of tetrazole rings is 1. The standard InChI is InChI=1S/C16H13F3N4O/c1-24-14-8-3-2-5-12(14)10-23-21-15(20-22-23)11-6-4-7-13(9-11)16(17,18)19/h2-9H,10H2,1H3. The topological polar surface area (TPSA) is 52.8 Å². The lowest BCUT2D eigenvalue weighted by Gasteiger charge is -2.07. The van der Waals surface area contributed by atoms with Crippen molar-refractivity contribution in [1.82, 2.24) is 20.2 Å². The Morgan fingerprint density at radius 1 is 1.08 bits per heavy atom. The molecule has 0 spiro atoms. The molecule has 124 valence electrons. The first-order valence-electron chi connectivity index (χ1n) is 7.05. The minimum Gasteiger partial charge on any atom is -0.496 e. The predicted octanol–water partition coefficient (Wildman–Crippen LogP) is 3.42. The number of methoxy groups -OCH3 is 1. The van der Waals surface area contributed by atoms with Gasteiger partial charge in [0.15, 0.2) is 0 Å². The third-order valence-corrected chi connectivity index (χ3v) is 3.41. The molecule has 1 aromatic heterocycles. The van der Waals surface area contributed by atoms with E-state index in [1.807, 2.05) is 18.2 Å². The van der Waals surface area contributed by atoms with E-state index in [1.54, 1.807) is 13.2 Å². The summed E-state index contributed by atoms with van der Waals surface area (Å²) in [6.45, 7) is 0.302. The van der Waals surface area contributed by atoms with Crippen LogP contribution in [0.15, 0.2) is 48.5 Å². The maximum absolute atomic E-state index is 12.8. The van der Waals surface area contributed by atoms with E-state index >= 15 is 0 Å². The maximum atomic E-state index is 12.8. The van der Waals surface area contributed by atoms with Crippen molar-refractivity contribution in [2.24, 2.45) is 0 Å². The Bertz CT molecular complexity index is 845. The van der Waals surface area contributed by atoms with Gasteiger partial charge in [0, 0.05) is 11.1 Å². The zero-order chi connectivity index (χ0) is 17.2. The molecule has 3 aromatic rings. The van der Waals surface area contributed by atoms with Crippen molar-refractivity contribution >= 4 is 0 Å². The second kappa shape index (κ2) is 6.31. The van der Waals surface area contributed by atoms with Gasteiger partial charge in [-0.25, -0.2) is 0 Å². The number of aromatic nitrogens is 4. The molecule has 0 aliphatic heterocycles. The molecule has 0 saturated heterocycles. The van der Waals surface area contributed by atoms with Crippen molar-refractivity contribution in [3.8, 4) is 17.1 Å². The second-order valence-corrected chi connectivity index (χ2v) is 5.03. The van der Waals surface area contributed by atoms with Gasteiger partial charge in [-0.15, -0.1) is 10.2 Å². The predicted molar refractivity (Wildman–Crippen MR) is 80.4 cm³/mol. The average molecular weight is 334 g/mol. The van der Waals surface area contributed by atoms with Gasteiger partial charge in [0.05, 0.1) is 19.2 Å². The summed E-state index contributed by atoms with van der Waals surface area (Å²) in [6, 6.07) is 12.2. The number of ether oxygens (including phenoxy) is 1. The number of halogens is 3. The van der Waals surface area contributed by atoms with Crippen molar-refractivity contribution in [3.63, 3.8) is 0 Å². The molecular weight excluding hydrogens is 321 g/mol. The first kappa shape index (κ1) is 16.0. The Kier molecular flexibility index (Phi) is 4.20. The number of benzene rings is 2. The lowest BCUT2D eigenvalue weighted by molar-refractivity contribution is -0.137. The molecule has 24 heavy (non-hydrogen) atoms. The second-order valence-electron chi connectivity index (χ2n) is 5.03. The maximum Gasteiger partial charge on any atom is 0.416 e. The number of rotatable bonds is 4. The van der Waals surface area contributed by atoms with E-state index in [2.05, 4.69) is 15.4 Å². The first-order chi connectivity index (χ1) is 11.5.